The number of aliphatic carboxylic acids is 1. The Morgan fingerprint density at radius 3 is 1.85 bits per heavy atom. The summed E-state index contributed by atoms with van der Waals surface area (Å²) < 4.78 is 63.1. The standard InChI is InChI=1S/C11H19F3O5S/c1-5-10(8(15)16,7-6-9(2,3)4)19-20(17,18)11(12,13)14/h5-7H2,1-4H3,(H,15,16)/t10-/m1/s1. The third-order valence-electron chi connectivity index (χ3n) is 2.79. The first kappa shape index (κ1) is 19.2. The molecule has 0 aliphatic rings. The van der Waals surface area contributed by atoms with Crippen molar-refractivity contribution in [3.05, 3.63) is 0 Å². The van der Waals surface area contributed by atoms with Gasteiger partial charge >= 0.3 is 21.6 Å². The van der Waals surface area contributed by atoms with Gasteiger partial charge in [0.2, 0.25) is 0 Å². The van der Waals surface area contributed by atoms with Crippen molar-refractivity contribution in [2.45, 2.75) is 58.1 Å². The largest absolute Gasteiger partial charge is 0.523 e. The quantitative estimate of drug-likeness (QED) is 0.601. The van der Waals surface area contributed by atoms with E-state index in [2.05, 4.69) is 4.18 Å². The topological polar surface area (TPSA) is 80.7 Å². The van der Waals surface area contributed by atoms with E-state index in [9.17, 15) is 26.4 Å². The number of rotatable bonds is 6. The Balaban J connectivity index is 5.43. The summed E-state index contributed by atoms with van der Waals surface area (Å²) >= 11 is 0. The molecule has 0 heterocycles. The number of hydrogen-bond donors (Lipinski definition) is 1. The molecule has 20 heavy (non-hydrogen) atoms. The van der Waals surface area contributed by atoms with Gasteiger partial charge in [-0.3, -0.25) is 0 Å². The van der Waals surface area contributed by atoms with Crippen LogP contribution in [0.3, 0.4) is 0 Å². The molecule has 0 radical (unpaired) electrons. The molecule has 0 rings (SSSR count). The molecule has 0 aromatic rings. The van der Waals surface area contributed by atoms with Crippen molar-refractivity contribution in [2.24, 2.45) is 5.41 Å². The first-order valence-electron chi connectivity index (χ1n) is 5.92. The van der Waals surface area contributed by atoms with Crippen LogP contribution in [0, 0.1) is 5.41 Å². The molecule has 0 saturated carbocycles. The fourth-order valence-corrected chi connectivity index (χ4v) is 2.19. The van der Waals surface area contributed by atoms with Gasteiger partial charge in [-0.05, 0) is 24.7 Å². The maximum absolute atomic E-state index is 12.3. The van der Waals surface area contributed by atoms with Gasteiger partial charge in [0.25, 0.3) is 0 Å². The number of carbonyl (C=O) groups is 1. The summed E-state index contributed by atoms with van der Waals surface area (Å²) in [7, 11) is -5.96. The van der Waals surface area contributed by atoms with E-state index in [1.807, 2.05) is 0 Å². The lowest BCUT2D eigenvalue weighted by Gasteiger charge is -2.30. The van der Waals surface area contributed by atoms with Crippen LogP contribution in [0.2, 0.25) is 0 Å². The fourth-order valence-electron chi connectivity index (χ4n) is 1.41. The number of carboxylic acids is 1. The van der Waals surface area contributed by atoms with Gasteiger partial charge in [-0.15, -0.1) is 0 Å². The molecule has 0 aliphatic carbocycles. The van der Waals surface area contributed by atoms with E-state index in [0.717, 1.165) is 0 Å². The van der Waals surface area contributed by atoms with Crippen LogP contribution < -0.4 is 0 Å². The Morgan fingerprint density at radius 2 is 1.60 bits per heavy atom. The Kier molecular flexibility index (Phi) is 5.64. The molecule has 0 aromatic heterocycles. The fraction of sp³-hybridized carbons (Fsp3) is 0.909. The highest BCUT2D eigenvalue weighted by atomic mass is 32.2. The first-order valence-corrected chi connectivity index (χ1v) is 7.33. The lowest BCUT2D eigenvalue weighted by Crippen LogP contribution is -2.46. The van der Waals surface area contributed by atoms with Crippen LogP contribution in [0.15, 0.2) is 0 Å². The van der Waals surface area contributed by atoms with Gasteiger partial charge in [0, 0.05) is 0 Å². The number of halogens is 3. The second kappa shape index (κ2) is 5.88. The summed E-state index contributed by atoms with van der Waals surface area (Å²) in [6, 6.07) is 0. The Hall–Kier alpha value is -0.830. The molecule has 120 valence electrons. The van der Waals surface area contributed by atoms with Crippen molar-refractivity contribution in [1.29, 1.82) is 0 Å². The minimum Gasteiger partial charge on any atom is -0.479 e. The highest BCUT2D eigenvalue weighted by Gasteiger charge is 2.54. The molecule has 0 aromatic carbocycles. The summed E-state index contributed by atoms with van der Waals surface area (Å²) in [5.74, 6) is -1.72. The summed E-state index contributed by atoms with van der Waals surface area (Å²) in [6.07, 6.45) is -0.536. The Morgan fingerprint density at radius 1 is 1.15 bits per heavy atom. The summed E-state index contributed by atoms with van der Waals surface area (Å²) in [6.45, 7) is 6.54. The van der Waals surface area contributed by atoms with Gasteiger partial charge in [0.05, 0.1) is 0 Å². The number of carboxylic acid groups (broad SMARTS) is 1. The van der Waals surface area contributed by atoms with E-state index >= 15 is 0 Å². The smallest absolute Gasteiger partial charge is 0.479 e. The summed E-state index contributed by atoms with van der Waals surface area (Å²) in [5.41, 5.74) is -8.42. The van der Waals surface area contributed by atoms with Crippen LogP contribution in [-0.2, 0) is 19.1 Å². The zero-order valence-corrected chi connectivity index (χ0v) is 12.6. The molecule has 0 saturated heterocycles. The molecule has 1 N–H and O–H groups in total. The monoisotopic (exact) mass is 320 g/mol. The minimum atomic E-state index is -5.96. The van der Waals surface area contributed by atoms with E-state index < -0.39 is 33.6 Å². The minimum absolute atomic E-state index is 0.195. The number of hydrogen-bond acceptors (Lipinski definition) is 4. The van der Waals surface area contributed by atoms with Crippen molar-refractivity contribution in [3.63, 3.8) is 0 Å². The molecule has 9 heteroatoms. The third-order valence-corrected chi connectivity index (χ3v) is 3.90. The molecule has 0 unspecified atom stereocenters. The predicted octanol–water partition coefficient (Wildman–Crippen LogP) is 2.91. The van der Waals surface area contributed by atoms with Gasteiger partial charge in [0.1, 0.15) is 0 Å². The molecular weight excluding hydrogens is 301 g/mol. The van der Waals surface area contributed by atoms with E-state index in [1.165, 1.54) is 6.92 Å². The number of alkyl halides is 3. The average molecular weight is 320 g/mol. The van der Waals surface area contributed by atoms with Crippen LogP contribution in [0.25, 0.3) is 0 Å². The maximum atomic E-state index is 12.3. The first-order chi connectivity index (χ1) is 8.67. The van der Waals surface area contributed by atoms with Gasteiger partial charge in [-0.2, -0.15) is 21.6 Å². The summed E-state index contributed by atoms with van der Waals surface area (Å²) in [5, 5.41) is 9.09. The maximum Gasteiger partial charge on any atom is 0.523 e. The molecule has 0 spiro atoms. The van der Waals surface area contributed by atoms with Crippen molar-refractivity contribution in [3.8, 4) is 0 Å². The van der Waals surface area contributed by atoms with Crippen LogP contribution in [0.4, 0.5) is 13.2 Å². The molecular formula is C11H19F3O5S. The van der Waals surface area contributed by atoms with E-state index in [-0.39, 0.29) is 18.3 Å². The second-order valence-electron chi connectivity index (χ2n) is 5.70. The average Bonchev–Trinajstić information content (AvgIpc) is 2.20. The van der Waals surface area contributed by atoms with Crippen LogP contribution in [0.5, 0.6) is 0 Å². The summed E-state index contributed by atoms with van der Waals surface area (Å²) in [4.78, 5) is 11.2. The van der Waals surface area contributed by atoms with Crippen LogP contribution in [-0.4, -0.2) is 30.6 Å². The lowest BCUT2D eigenvalue weighted by molar-refractivity contribution is -0.158. The van der Waals surface area contributed by atoms with Gasteiger partial charge in [0.15, 0.2) is 5.60 Å². The molecule has 0 amide bonds. The van der Waals surface area contributed by atoms with Crippen molar-refractivity contribution >= 4 is 16.1 Å². The molecule has 0 bridgehead atoms. The van der Waals surface area contributed by atoms with Crippen LogP contribution in [0.1, 0.15) is 47.0 Å². The normalized spacial score (nSPS) is 16.8. The Bertz CT molecular complexity index is 450. The molecule has 1 atom stereocenters. The van der Waals surface area contributed by atoms with Gasteiger partial charge < -0.3 is 5.11 Å². The van der Waals surface area contributed by atoms with Crippen molar-refractivity contribution in [1.82, 2.24) is 0 Å². The van der Waals surface area contributed by atoms with E-state index in [0.29, 0.717) is 0 Å². The lowest BCUT2D eigenvalue weighted by atomic mass is 9.84. The zero-order chi connectivity index (χ0) is 16.4. The SMILES string of the molecule is CC[C@](CCC(C)(C)C)(OS(=O)(=O)C(F)(F)F)C(=O)O. The second-order valence-corrected chi connectivity index (χ2v) is 7.23. The van der Waals surface area contributed by atoms with Crippen LogP contribution >= 0.6 is 0 Å². The predicted molar refractivity (Wildman–Crippen MR) is 65.4 cm³/mol. The zero-order valence-electron chi connectivity index (χ0n) is 11.7. The van der Waals surface area contributed by atoms with Gasteiger partial charge in [-0.1, -0.05) is 27.7 Å². The molecule has 0 fully saturated rings. The third kappa shape index (κ3) is 4.93. The van der Waals surface area contributed by atoms with Crippen molar-refractivity contribution in [2.75, 3.05) is 0 Å². The molecule has 0 aliphatic heterocycles. The Labute approximate surface area is 116 Å². The van der Waals surface area contributed by atoms with Gasteiger partial charge in [-0.25, -0.2) is 8.98 Å². The van der Waals surface area contributed by atoms with Crippen molar-refractivity contribution < 1.29 is 35.7 Å². The highest BCUT2D eigenvalue weighted by Crippen LogP contribution is 2.35. The van der Waals surface area contributed by atoms with E-state index in [4.69, 9.17) is 5.11 Å². The highest BCUT2D eigenvalue weighted by molar-refractivity contribution is 7.87. The molecule has 5 nitrogen and oxygen atoms in total. The van der Waals surface area contributed by atoms with E-state index in [1.54, 1.807) is 20.8 Å².